The van der Waals surface area contributed by atoms with Crippen LogP contribution in [-0.4, -0.2) is 4.57 Å². The Bertz CT molecular complexity index is 2810. The zero-order chi connectivity index (χ0) is 32.3. The molecule has 10 rings (SSSR count). The van der Waals surface area contributed by atoms with E-state index in [-0.39, 0.29) is 0 Å². The van der Waals surface area contributed by atoms with E-state index in [1.165, 1.54) is 27.2 Å². The van der Waals surface area contributed by atoms with Gasteiger partial charge in [0.25, 0.3) is 0 Å². The van der Waals surface area contributed by atoms with Crippen LogP contribution in [0.2, 0.25) is 0 Å². The zero-order valence-electron chi connectivity index (χ0n) is 26.6. The quantitative estimate of drug-likeness (QED) is 0.190. The maximum Gasteiger partial charge on any atom is 0.143 e. The van der Waals surface area contributed by atoms with Gasteiger partial charge >= 0.3 is 0 Å². The highest BCUT2D eigenvalue weighted by atomic mass is 16.3. The Morgan fingerprint density at radius 3 is 1.94 bits per heavy atom. The van der Waals surface area contributed by atoms with Crippen LogP contribution < -0.4 is 4.90 Å². The van der Waals surface area contributed by atoms with Gasteiger partial charge in [0, 0.05) is 44.0 Å². The van der Waals surface area contributed by atoms with Crippen LogP contribution in [0.15, 0.2) is 186 Å². The fraction of sp³-hybridized carbons (Fsp3) is 0. The van der Waals surface area contributed by atoms with Crippen LogP contribution in [0.25, 0.3) is 71.3 Å². The second-order valence-electron chi connectivity index (χ2n) is 12.5. The lowest BCUT2D eigenvalue weighted by Gasteiger charge is -2.26. The van der Waals surface area contributed by atoms with Gasteiger partial charge in [-0.1, -0.05) is 115 Å². The number of hydrogen-bond acceptors (Lipinski definition) is 2. The first-order valence-electron chi connectivity index (χ1n) is 16.7. The Balaban J connectivity index is 1.16. The molecule has 0 spiro atoms. The first-order valence-corrected chi connectivity index (χ1v) is 16.7. The van der Waals surface area contributed by atoms with Crippen molar-refractivity contribution in [1.82, 2.24) is 4.57 Å². The summed E-state index contributed by atoms with van der Waals surface area (Å²) in [5.41, 5.74) is 11.0. The molecule has 0 unspecified atom stereocenters. The zero-order valence-corrected chi connectivity index (χ0v) is 26.6. The van der Waals surface area contributed by atoms with Crippen molar-refractivity contribution in [1.29, 1.82) is 0 Å². The molecule has 0 aliphatic heterocycles. The molecule has 0 fully saturated rings. The van der Waals surface area contributed by atoms with Crippen LogP contribution in [0.4, 0.5) is 17.1 Å². The van der Waals surface area contributed by atoms with Gasteiger partial charge in [-0.2, -0.15) is 0 Å². The minimum absolute atomic E-state index is 0.903. The summed E-state index contributed by atoms with van der Waals surface area (Å²) in [5.74, 6) is 0. The molecule has 2 heterocycles. The van der Waals surface area contributed by atoms with Crippen molar-refractivity contribution >= 4 is 71.6 Å². The van der Waals surface area contributed by atoms with Crippen molar-refractivity contribution in [3.05, 3.63) is 182 Å². The SMILES string of the molecule is c1ccc(N(c2ccc(-c3cccc4oc5c6ccccc6ccc5c34)cc2)c2cccc3c2c2ccccc2n3-c2ccccc2)cc1. The fourth-order valence-electron chi connectivity index (χ4n) is 7.63. The van der Waals surface area contributed by atoms with E-state index in [9.17, 15) is 0 Å². The molecule has 0 atom stereocenters. The van der Waals surface area contributed by atoms with E-state index in [0.717, 1.165) is 61.2 Å². The molecule has 3 nitrogen and oxygen atoms in total. The highest BCUT2D eigenvalue weighted by Crippen LogP contribution is 2.45. The second kappa shape index (κ2) is 11.0. The summed E-state index contributed by atoms with van der Waals surface area (Å²) in [6.45, 7) is 0. The molecule has 3 heteroatoms. The van der Waals surface area contributed by atoms with E-state index < -0.39 is 0 Å². The smallest absolute Gasteiger partial charge is 0.143 e. The van der Waals surface area contributed by atoms with E-state index in [4.69, 9.17) is 4.42 Å². The Hall–Kier alpha value is -6.58. The number of para-hydroxylation sites is 3. The van der Waals surface area contributed by atoms with Crippen LogP contribution >= 0.6 is 0 Å². The molecule has 0 saturated heterocycles. The summed E-state index contributed by atoms with van der Waals surface area (Å²) in [7, 11) is 0. The maximum atomic E-state index is 6.51. The van der Waals surface area contributed by atoms with Gasteiger partial charge in [0.2, 0.25) is 0 Å². The average Bonchev–Trinajstić information content (AvgIpc) is 3.73. The highest BCUT2D eigenvalue weighted by Gasteiger charge is 2.21. The summed E-state index contributed by atoms with van der Waals surface area (Å²) in [6, 6.07) is 64.9. The van der Waals surface area contributed by atoms with Gasteiger partial charge in [-0.15, -0.1) is 0 Å². The van der Waals surface area contributed by atoms with Crippen molar-refractivity contribution in [3.8, 4) is 16.8 Å². The number of benzene rings is 8. The number of furan rings is 1. The minimum Gasteiger partial charge on any atom is -0.455 e. The van der Waals surface area contributed by atoms with Gasteiger partial charge in [-0.25, -0.2) is 0 Å². The molecule has 230 valence electrons. The predicted molar refractivity (Wildman–Crippen MR) is 206 cm³/mol. The van der Waals surface area contributed by atoms with Gasteiger partial charge in [-0.05, 0) is 83.2 Å². The second-order valence-corrected chi connectivity index (χ2v) is 12.5. The van der Waals surface area contributed by atoms with Gasteiger partial charge in [0.05, 0.1) is 16.7 Å². The predicted octanol–water partition coefficient (Wildman–Crippen LogP) is 13.0. The van der Waals surface area contributed by atoms with Crippen LogP contribution in [0.5, 0.6) is 0 Å². The molecular weight excluding hydrogens is 597 g/mol. The summed E-state index contributed by atoms with van der Waals surface area (Å²) >= 11 is 0. The molecule has 0 aliphatic rings. The Morgan fingerprint density at radius 1 is 0.429 bits per heavy atom. The molecule has 2 aromatic heterocycles. The number of anilines is 3. The summed E-state index contributed by atoms with van der Waals surface area (Å²) in [5, 5.41) is 7.05. The number of aromatic nitrogens is 1. The van der Waals surface area contributed by atoms with Crippen molar-refractivity contribution < 1.29 is 4.42 Å². The number of rotatable bonds is 5. The maximum absolute atomic E-state index is 6.51. The first-order chi connectivity index (χ1) is 24.3. The molecule has 0 N–H and O–H groups in total. The molecule has 0 bridgehead atoms. The molecule has 0 saturated carbocycles. The van der Waals surface area contributed by atoms with E-state index in [0.29, 0.717) is 0 Å². The Labute approximate surface area is 283 Å². The molecule has 0 aliphatic carbocycles. The topological polar surface area (TPSA) is 21.3 Å². The lowest BCUT2D eigenvalue weighted by Crippen LogP contribution is -2.10. The number of hydrogen-bond donors (Lipinski definition) is 0. The summed E-state index contributed by atoms with van der Waals surface area (Å²) < 4.78 is 8.88. The van der Waals surface area contributed by atoms with E-state index in [1.54, 1.807) is 0 Å². The fourth-order valence-corrected chi connectivity index (χ4v) is 7.63. The van der Waals surface area contributed by atoms with Crippen LogP contribution in [-0.2, 0) is 0 Å². The summed E-state index contributed by atoms with van der Waals surface area (Å²) in [6.07, 6.45) is 0. The normalized spacial score (nSPS) is 11.7. The molecule has 8 aromatic carbocycles. The van der Waals surface area contributed by atoms with Crippen LogP contribution in [0.1, 0.15) is 0 Å². The van der Waals surface area contributed by atoms with Crippen molar-refractivity contribution in [2.24, 2.45) is 0 Å². The van der Waals surface area contributed by atoms with Gasteiger partial charge in [0.1, 0.15) is 11.2 Å². The molecule has 0 radical (unpaired) electrons. The van der Waals surface area contributed by atoms with Gasteiger partial charge in [0.15, 0.2) is 0 Å². The third kappa shape index (κ3) is 4.29. The van der Waals surface area contributed by atoms with Crippen molar-refractivity contribution in [3.63, 3.8) is 0 Å². The number of fused-ring (bicyclic) bond motifs is 8. The Morgan fingerprint density at radius 2 is 1.10 bits per heavy atom. The average molecular weight is 627 g/mol. The molecular formula is C46H30N2O. The van der Waals surface area contributed by atoms with Gasteiger partial charge in [-0.3, -0.25) is 0 Å². The third-order valence-electron chi connectivity index (χ3n) is 9.77. The van der Waals surface area contributed by atoms with E-state index in [1.807, 2.05) is 0 Å². The van der Waals surface area contributed by atoms with E-state index >= 15 is 0 Å². The lowest BCUT2D eigenvalue weighted by atomic mass is 9.98. The monoisotopic (exact) mass is 626 g/mol. The van der Waals surface area contributed by atoms with E-state index in [2.05, 4.69) is 191 Å². The molecule has 10 aromatic rings. The van der Waals surface area contributed by atoms with Crippen LogP contribution in [0, 0.1) is 0 Å². The standard InChI is InChI=1S/C46H30N2O/c1-3-14-33(15-4-1)47(41-22-12-23-42-45(41)38-19-9-10-21-40(38)48(42)34-16-5-2-6-17-34)35-28-25-32(26-29-35)36-20-11-24-43-44(36)39-30-27-31-13-7-8-18-37(31)46(39)49-43/h1-30H. The first kappa shape index (κ1) is 27.5. The highest BCUT2D eigenvalue weighted by molar-refractivity contribution is 6.19. The summed E-state index contributed by atoms with van der Waals surface area (Å²) in [4.78, 5) is 2.38. The molecule has 49 heavy (non-hydrogen) atoms. The van der Waals surface area contributed by atoms with Crippen LogP contribution in [0.3, 0.4) is 0 Å². The lowest BCUT2D eigenvalue weighted by molar-refractivity contribution is 0.673. The van der Waals surface area contributed by atoms with Gasteiger partial charge < -0.3 is 13.9 Å². The largest absolute Gasteiger partial charge is 0.455 e. The number of nitrogens with zero attached hydrogens (tertiary/aromatic N) is 2. The third-order valence-corrected chi connectivity index (χ3v) is 9.77. The molecule has 0 amide bonds. The van der Waals surface area contributed by atoms with Crippen molar-refractivity contribution in [2.45, 2.75) is 0 Å². The Kier molecular flexibility index (Phi) is 6.18. The van der Waals surface area contributed by atoms with Crippen molar-refractivity contribution in [2.75, 3.05) is 4.90 Å². The minimum atomic E-state index is 0.903.